The van der Waals surface area contributed by atoms with Gasteiger partial charge in [0.2, 0.25) is 11.2 Å². The van der Waals surface area contributed by atoms with Crippen molar-refractivity contribution in [1.82, 2.24) is 0 Å². The van der Waals surface area contributed by atoms with Crippen molar-refractivity contribution in [2.24, 2.45) is 0 Å². The van der Waals surface area contributed by atoms with Gasteiger partial charge in [-0.05, 0) is 19.8 Å². The Morgan fingerprint density at radius 2 is 2.00 bits per heavy atom. The molecule has 1 unspecified atom stereocenters. The van der Waals surface area contributed by atoms with E-state index in [1.165, 1.54) is 0 Å². The number of hydrogen-bond donors (Lipinski definition) is 0. The largest absolute Gasteiger partial charge is 0.212 e. The maximum absolute atomic E-state index is 12.3. The molecule has 1 aliphatic rings. The zero-order valence-corrected chi connectivity index (χ0v) is 7.63. The third kappa shape index (κ3) is 2.30. The Hall–Kier alpha value is -0.380. The summed E-state index contributed by atoms with van der Waals surface area (Å²) >= 11 is -4.89. The Labute approximate surface area is 72.4 Å². The molecule has 0 heterocycles. The van der Waals surface area contributed by atoms with Gasteiger partial charge in [-0.25, -0.2) is 0 Å². The highest BCUT2D eigenvalue weighted by Gasteiger charge is 2.35. The summed E-state index contributed by atoms with van der Waals surface area (Å²) in [6.07, 6.45) is 2.01. The predicted octanol–water partition coefficient (Wildman–Crippen LogP) is 4.11. The van der Waals surface area contributed by atoms with Crippen molar-refractivity contribution in [1.29, 1.82) is 0 Å². The molecule has 0 nitrogen and oxygen atoms in total. The summed E-state index contributed by atoms with van der Waals surface area (Å²) in [5, 5.41) is -1.13. The molecule has 1 aliphatic carbocycles. The molecule has 0 bridgehead atoms. The van der Waals surface area contributed by atoms with Crippen molar-refractivity contribution in [3.05, 3.63) is 23.8 Å². The van der Waals surface area contributed by atoms with Crippen LogP contribution in [0.4, 0.5) is 11.7 Å². The Bertz CT molecular complexity index is 227. The van der Waals surface area contributed by atoms with Gasteiger partial charge < -0.3 is 0 Å². The third-order valence-electron chi connectivity index (χ3n) is 1.87. The molecule has 0 aromatic rings. The van der Waals surface area contributed by atoms with Crippen LogP contribution in [-0.2, 0) is 0 Å². The van der Waals surface area contributed by atoms with Crippen molar-refractivity contribution in [2.45, 2.75) is 25.0 Å². The van der Waals surface area contributed by atoms with E-state index in [2.05, 4.69) is 6.58 Å². The van der Waals surface area contributed by atoms with Crippen LogP contribution >= 0.6 is 11.2 Å². The molecule has 0 spiro atoms. The summed E-state index contributed by atoms with van der Waals surface area (Å²) in [6.45, 7) is 5.29. The molecular weight excluding hydrogens is 185 g/mol. The van der Waals surface area contributed by atoms with Gasteiger partial charge in [-0.15, -0.1) is 11.7 Å². The highest BCUT2D eigenvalue weighted by molar-refractivity contribution is 8.21. The summed E-state index contributed by atoms with van der Waals surface area (Å²) in [6, 6.07) is 0. The first-order valence-corrected chi connectivity index (χ1v) is 5.05. The molecule has 1 atom stereocenters. The maximum Gasteiger partial charge on any atom is 0.212 e. The summed E-state index contributed by atoms with van der Waals surface area (Å²) < 4.78 is 36.9. The molecule has 0 saturated heterocycles. The van der Waals surface area contributed by atoms with Crippen LogP contribution in [0, 0.1) is 0 Å². The van der Waals surface area contributed by atoms with Crippen molar-refractivity contribution < 1.29 is 11.7 Å². The minimum Gasteiger partial charge on any atom is -0.125 e. The number of rotatable bonds is 1. The fourth-order valence-electron chi connectivity index (χ4n) is 1.38. The lowest BCUT2D eigenvalue weighted by atomic mass is 9.97. The molecule has 0 N–H and O–H groups in total. The topological polar surface area (TPSA) is 0 Å². The Morgan fingerprint density at radius 3 is 2.42 bits per heavy atom. The van der Waals surface area contributed by atoms with Crippen LogP contribution < -0.4 is 0 Å². The van der Waals surface area contributed by atoms with E-state index < -0.39 is 16.4 Å². The van der Waals surface area contributed by atoms with Crippen molar-refractivity contribution in [2.75, 3.05) is 0 Å². The van der Waals surface area contributed by atoms with Crippen LogP contribution in [0.5, 0.6) is 0 Å². The zero-order valence-electron chi connectivity index (χ0n) is 6.82. The normalized spacial score (nSPS) is 26.8. The summed E-state index contributed by atoms with van der Waals surface area (Å²) in [5.74, 6) is 0. The average molecular weight is 196 g/mol. The molecule has 4 heteroatoms. The number of allylic oxidation sites excluding steroid dienone is 3. The Kier molecular flexibility index (Phi) is 2.56. The van der Waals surface area contributed by atoms with Gasteiger partial charge in [0.25, 0.3) is 0 Å². The molecule has 0 aromatic carbocycles. The van der Waals surface area contributed by atoms with Crippen molar-refractivity contribution in [3.63, 3.8) is 0 Å². The SMILES string of the molecule is C=C1C=C(C)CC(S(F)(F)F)C1. The Morgan fingerprint density at radius 1 is 1.42 bits per heavy atom. The minimum atomic E-state index is -4.89. The quantitative estimate of drug-likeness (QED) is 0.592. The van der Waals surface area contributed by atoms with Crippen LogP contribution in [0.25, 0.3) is 0 Å². The second-order valence-electron chi connectivity index (χ2n) is 3.12. The maximum atomic E-state index is 12.3. The lowest BCUT2D eigenvalue weighted by Crippen LogP contribution is -2.13. The molecular formula is C8H11F3S. The average Bonchev–Trinajstić information content (AvgIpc) is 1.82. The van der Waals surface area contributed by atoms with Crippen LogP contribution in [-0.4, -0.2) is 5.25 Å². The molecule has 0 aromatic heterocycles. The molecule has 70 valence electrons. The van der Waals surface area contributed by atoms with Gasteiger partial charge in [-0.3, -0.25) is 0 Å². The molecule has 0 fully saturated rings. The van der Waals surface area contributed by atoms with Crippen LogP contribution in [0.1, 0.15) is 19.8 Å². The zero-order chi connectivity index (χ0) is 9.35. The van der Waals surface area contributed by atoms with E-state index in [4.69, 9.17) is 0 Å². The lowest BCUT2D eigenvalue weighted by molar-refractivity contribution is 0.583. The van der Waals surface area contributed by atoms with Gasteiger partial charge in [0.05, 0.1) is 5.25 Å². The fraction of sp³-hybridized carbons (Fsp3) is 0.500. The Balaban J connectivity index is 2.74. The van der Waals surface area contributed by atoms with Gasteiger partial charge in [-0.1, -0.05) is 23.8 Å². The fourth-order valence-corrected chi connectivity index (χ4v) is 2.23. The predicted molar refractivity (Wildman–Crippen MR) is 46.8 cm³/mol. The van der Waals surface area contributed by atoms with E-state index in [-0.39, 0.29) is 12.8 Å². The first-order valence-electron chi connectivity index (χ1n) is 3.65. The number of hydrogen-bond acceptors (Lipinski definition) is 0. The highest BCUT2D eigenvalue weighted by atomic mass is 32.3. The standard InChI is InChI=1S/C8H11F3S/c1-6-3-7(2)5-8(4-6)12(9,10)11/h3,8H,1,4-5H2,2H3. The number of halogens is 3. The van der Waals surface area contributed by atoms with Gasteiger partial charge in [0, 0.05) is 0 Å². The summed E-state index contributed by atoms with van der Waals surface area (Å²) in [5.41, 5.74) is 1.40. The van der Waals surface area contributed by atoms with Crippen LogP contribution in [0.15, 0.2) is 23.8 Å². The second kappa shape index (κ2) is 3.17. The summed E-state index contributed by atoms with van der Waals surface area (Å²) in [4.78, 5) is 0. The van der Waals surface area contributed by atoms with Crippen LogP contribution in [0.3, 0.4) is 0 Å². The highest BCUT2D eigenvalue weighted by Crippen LogP contribution is 2.61. The van der Waals surface area contributed by atoms with E-state index in [0.29, 0.717) is 5.57 Å². The third-order valence-corrected chi connectivity index (χ3v) is 2.96. The van der Waals surface area contributed by atoms with Crippen molar-refractivity contribution >= 4 is 11.2 Å². The van der Waals surface area contributed by atoms with E-state index in [9.17, 15) is 11.7 Å². The first kappa shape index (κ1) is 9.71. The first-order chi connectivity index (χ1) is 5.39. The smallest absolute Gasteiger partial charge is 0.125 e. The van der Waals surface area contributed by atoms with Crippen LogP contribution in [0.2, 0.25) is 0 Å². The lowest BCUT2D eigenvalue weighted by Gasteiger charge is -2.26. The molecule has 12 heavy (non-hydrogen) atoms. The molecule has 0 amide bonds. The molecule has 0 radical (unpaired) electrons. The van der Waals surface area contributed by atoms with Gasteiger partial charge in [-0.2, -0.15) is 0 Å². The summed E-state index contributed by atoms with van der Waals surface area (Å²) in [7, 11) is 0. The van der Waals surface area contributed by atoms with Crippen molar-refractivity contribution in [3.8, 4) is 0 Å². The van der Waals surface area contributed by atoms with E-state index in [0.717, 1.165) is 5.57 Å². The molecule has 1 rings (SSSR count). The van der Waals surface area contributed by atoms with Gasteiger partial charge in [0.1, 0.15) is 0 Å². The van der Waals surface area contributed by atoms with Gasteiger partial charge >= 0.3 is 0 Å². The molecule has 0 saturated carbocycles. The minimum absolute atomic E-state index is 0.0934. The van der Waals surface area contributed by atoms with E-state index in [1.54, 1.807) is 13.0 Å². The van der Waals surface area contributed by atoms with E-state index in [1.807, 2.05) is 0 Å². The molecule has 0 aliphatic heterocycles. The van der Waals surface area contributed by atoms with E-state index >= 15 is 0 Å². The second-order valence-corrected chi connectivity index (χ2v) is 4.67. The monoisotopic (exact) mass is 196 g/mol. The van der Waals surface area contributed by atoms with Gasteiger partial charge in [0.15, 0.2) is 0 Å².